The Kier molecular flexibility index (Phi) is 3.62. The first kappa shape index (κ1) is 13.0. The Morgan fingerprint density at radius 2 is 2.06 bits per heavy atom. The molecule has 2 aromatic rings. The average Bonchev–Trinajstić information content (AvgIpc) is 2.63. The summed E-state index contributed by atoms with van der Waals surface area (Å²) in [6, 6.07) is 6.16. The maximum absolute atomic E-state index is 6.19. The number of halogens is 1. The fourth-order valence-corrected chi connectivity index (χ4v) is 2.28. The molecule has 96 valence electrons. The van der Waals surface area contributed by atoms with Gasteiger partial charge < -0.3 is 5.32 Å². The van der Waals surface area contributed by atoms with E-state index in [1.165, 1.54) is 11.1 Å². The lowest BCUT2D eigenvalue weighted by atomic mass is 10.1. The zero-order chi connectivity index (χ0) is 13.3. The fourth-order valence-electron chi connectivity index (χ4n) is 2.10. The number of anilines is 1. The normalized spacial score (nSPS) is 12.5. The van der Waals surface area contributed by atoms with Gasteiger partial charge in [0, 0.05) is 18.8 Å². The molecule has 0 bridgehead atoms. The highest BCUT2D eigenvalue weighted by Gasteiger charge is 2.12. The van der Waals surface area contributed by atoms with Crippen molar-refractivity contribution in [2.45, 2.75) is 26.8 Å². The van der Waals surface area contributed by atoms with Gasteiger partial charge in [0.15, 0.2) is 0 Å². The number of aromatic nitrogens is 2. The molecule has 1 atom stereocenters. The lowest BCUT2D eigenvalue weighted by molar-refractivity contribution is 0.756. The van der Waals surface area contributed by atoms with Crippen LogP contribution in [0.3, 0.4) is 0 Å². The zero-order valence-electron chi connectivity index (χ0n) is 11.2. The van der Waals surface area contributed by atoms with Gasteiger partial charge in [0.1, 0.15) is 0 Å². The molecule has 0 aliphatic carbocycles. The van der Waals surface area contributed by atoms with Gasteiger partial charge in [-0.25, -0.2) is 0 Å². The summed E-state index contributed by atoms with van der Waals surface area (Å²) in [7, 11) is 1.93. The second kappa shape index (κ2) is 5.02. The number of nitrogens with one attached hydrogen (secondary N) is 1. The van der Waals surface area contributed by atoms with Crippen LogP contribution in [0.25, 0.3) is 0 Å². The molecule has 0 spiro atoms. The Bertz CT molecular complexity index is 560. The Morgan fingerprint density at radius 1 is 1.33 bits per heavy atom. The third kappa shape index (κ3) is 2.67. The lowest BCUT2D eigenvalue weighted by Gasteiger charge is -2.16. The SMILES string of the molecule is Cc1ccc(Cl)c(NC(C)c2cn(C)nc2C)c1. The van der Waals surface area contributed by atoms with E-state index in [1.54, 1.807) is 0 Å². The first-order valence-corrected chi connectivity index (χ1v) is 6.38. The quantitative estimate of drug-likeness (QED) is 0.911. The molecule has 0 aliphatic rings. The van der Waals surface area contributed by atoms with E-state index in [2.05, 4.69) is 30.3 Å². The lowest BCUT2D eigenvalue weighted by Crippen LogP contribution is -2.07. The molecule has 4 heteroatoms. The highest BCUT2D eigenvalue weighted by molar-refractivity contribution is 6.33. The van der Waals surface area contributed by atoms with Crippen LogP contribution in [-0.4, -0.2) is 9.78 Å². The molecule has 0 fully saturated rings. The van der Waals surface area contributed by atoms with Crippen molar-refractivity contribution >= 4 is 17.3 Å². The third-order valence-electron chi connectivity index (χ3n) is 3.01. The Hall–Kier alpha value is -1.48. The molecule has 0 amide bonds. The number of hydrogen-bond donors (Lipinski definition) is 1. The van der Waals surface area contributed by atoms with Gasteiger partial charge >= 0.3 is 0 Å². The van der Waals surface area contributed by atoms with E-state index in [-0.39, 0.29) is 6.04 Å². The molecule has 1 unspecified atom stereocenters. The minimum absolute atomic E-state index is 0.179. The van der Waals surface area contributed by atoms with Gasteiger partial charge in [-0.05, 0) is 38.5 Å². The first-order valence-electron chi connectivity index (χ1n) is 6.00. The molecule has 2 rings (SSSR count). The number of benzene rings is 1. The molecular formula is C14H18ClN3. The first-order chi connectivity index (χ1) is 8.47. The summed E-state index contributed by atoms with van der Waals surface area (Å²) in [5.41, 5.74) is 4.39. The Balaban J connectivity index is 2.23. The maximum atomic E-state index is 6.19. The van der Waals surface area contributed by atoms with Crippen LogP contribution < -0.4 is 5.32 Å². The van der Waals surface area contributed by atoms with Crippen molar-refractivity contribution < 1.29 is 0 Å². The highest BCUT2D eigenvalue weighted by Crippen LogP contribution is 2.27. The summed E-state index contributed by atoms with van der Waals surface area (Å²) in [6.45, 7) is 6.19. The van der Waals surface area contributed by atoms with E-state index in [9.17, 15) is 0 Å². The van der Waals surface area contributed by atoms with Crippen LogP contribution in [0.4, 0.5) is 5.69 Å². The minimum atomic E-state index is 0.179. The summed E-state index contributed by atoms with van der Waals surface area (Å²) in [4.78, 5) is 0. The molecule has 1 aromatic carbocycles. The van der Waals surface area contributed by atoms with Crippen molar-refractivity contribution in [2.24, 2.45) is 7.05 Å². The number of aryl methyl sites for hydroxylation is 3. The van der Waals surface area contributed by atoms with Gasteiger partial charge in [-0.2, -0.15) is 5.10 Å². The van der Waals surface area contributed by atoms with Crippen molar-refractivity contribution in [1.29, 1.82) is 0 Å². The van der Waals surface area contributed by atoms with Gasteiger partial charge in [0.05, 0.1) is 22.4 Å². The van der Waals surface area contributed by atoms with Crippen LogP contribution in [0.2, 0.25) is 5.02 Å². The molecule has 0 aliphatic heterocycles. The molecule has 18 heavy (non-hydrogen) atoms. The van der Waals surface area contributed by atoms with Gasteiger partial charge in [0.25, 0.3) is 0 Å². The third-order valence-corrected chi connectivity index (χ3v) is 3.34. The predicted molar refractivity (Wildman–Crippen MR) is 76.2 cm³/mol. The Labute approximate surface area is 113 Å². The number of nitrogens with zero attached hydrogens (tertiary/aromatic N) is 2. The van der Waals surface area contributed by atoms with Crippen molar-refractivity contribution in [3.8, 4) is 0 Å². The van der Waals surface area contributed by atoms with Crippen LogP contribution in [0.15, 0.2) is 24.4 Å². The van der Waals surface area contributed by atoms with Crippen molar-refractivity contribution in [3.63, 3.8) is 0 Å². The topological polar surface area (TPSA) is 29.9 Å². The van der Waals surface area contributed by atoms with Gasteiger partial charge in [0.2, 0.25) is 0 Å². The number of rotatable bonds is 3. The largest absolute Gasteiger partial charge is 0.377 e. The van der Waals surface area contributed by atoms with Crippen molar-refractivity contribution in [3.05, 3.63) is 46.2 Å². The van der Waals surface area contributed by atoms with Gasteiger partial charge in [-0.3, -0.25) is 4.68 Å². The van der Waals surface area contributed by atoms with Crippen LogP contribution in [0.5, 0.6) is 0 Å². The van der Waals surface area contributed by atoms with Crippen LogP contribution in [0, 0.1) is 13.8 Å². The molecule has 1 heterocycles. The summed E-state index contributed by atoms with van der Waals surface area (Å²) >= 11 is 6.19. The van der Waals surface area contributed by atoms with Crippen LogP contribution >= 0.6 is 11.6 Å². The van der Waals surface area contributed by atoms with E-state index in [4.69, 9.17) is 11.6 Å². The molecular weight excluding hydrogens is 246 g/mol. The van der Waals surface area contributed by atoms with Gasteiger partial charge in [-0.15, -0.1) is 0 Å². The maximum Gasteiger partial charge on any atom is 0.0646 e. The molecule has 1 aromatic heterocycles. The second-order valence-corrected chi connectivity index (χ2v) is 5.10. The molecule has 0 saturated carbocycles. The summed E-state index contributed by atoms with van der Waals surface area (Å²) in [5, 5.41) is 8.54. The summed E-state index contributed by atoms with van der Waals surface area (Å²) in [5.74, 6) is 0. The minimum Gasteiger partial charge on any atom is -0.377 e. The summed E-state index contributed by atoms with van der Waals surface area (Å²) in [6.07, 6.45) is 2.04. The molecule has 1 N–H and O–H groups in total. The smallest absolute Gasteiger partial charge is 0.0646 e. The van der Waals surface area contributed by atoms with E-state index in [0.717, 1.165) is 16.4 Å². The fraction of sp³-hybridized carbons (Fsp3) is 0.357. The van der Waals surface area contributed by atoms with Crippen molar-refractivity contribution in [2.75, 3.05) is 5.32 Å². The van der Waals surface area contributed by atoms with E-state index >= 15 is 0 Å². The Morgan fingerprint density at radius 3 is 2.67 bits per heavy atom. The van der Waals surface area contributed by atoms with Crippen LogP contribution in [-0.2, 0) is 7.05 Å². The second-order valence-electron chi connectivity index (χ2n) is 4.69. The van der Waals surface area contributed by atoms with Crippen LogP contribution in [0.1, 0.15) is 29.8 Å². The monoisotopic (exact) mass is 263 g/mol. The zero-order valence-corrected chi connectivity index (χ0v) is 11.9. The molecule has 3 nitrogen and oxygen atoms in total. The van der Waals surface area contributed by atoms with E-state index < -0.39 is 0 Å². The predicted octanol–water partition coefficient (Wildman–Crippen LogP) is 3.86. The highest BCUT2D eigenvalue weighted by atomic mass is 35.5. The van der Waals surface area contributed by atoms with E-state index in [1.807, 2.05) is 37.0 Å². The standard InChI is InChI=1S/C14H18ClN3/c1-9-5-6-13(15)14(7-9)16-10(2)12-8-18(4)17-11(12)3/h5-8,10,16H,1-4H3. The summed E-state index contributed by atoms with van der Waals surface area (Å²) < 4.78 is 1.83. The average molecular weight is 264 g/mol. The van der Waals surface area contributed by atoms with Gasteiger partial charge in [-0.1, -0.05) is 17.7 Å². The van der Waals surface area contributed by atoms with E-state index in [0.29, 0.717) is 0 Å². The molecule has 0 radical (unpaired) electrons. The number of hydrogen-bond acceptors (Lipinski definition) is 2. The van der Waals surface area contributed by atoms with Crippen molar-refractivity contribution in [1.82, 2.24) is 9.78 Å². The molecule has 0 saturated heterocycles.